The third-order valence-electron chi connectivity index (χ3n) is 3.10. The standard InChI is InChI=1S/C14H18N4/c1-4-12-10(3)13(18-15)17-14(16-12)11-8-6-5-7-9(11)2/h5-8H,4,15H2,1-3H3,(H,16,17,18). The van der Waals surface area contributed by atoms with Crippen molar-refractivity contribution in [2.75, 3.05) is 5.43 Å². The Labute approximate surface area is 107 Å². The summed E-state index contributed by atoms with van der Waals surface area (Å²) < 4.78 is 0. The summed E-state index contributed by atoms with van der Waals surface area (Å²) in [6.45, 7) is 6.12. The average Bonchev–Trinajstić information content (AvgIpc) is 2.40. The van der Waals surface area contributed by atoms with Crippen molar-refractivity contribution in [3.05, 3.63) is 41.1 Å². The van der Waals surface area contributed by atoms with Crippen LogP contribution in [0.15, 0.2) is 24.3 Å². The second-order valence-corrected chi connectivity index (χ2v) is 4.28. The Kier molecular flexibility index (Phi) is 3.58. The number of rotatable bonds is 3. The number of aromatic nitrogens is 2. The summed E-state index contributed by atoms with van der Waals surface area (Å²) in [5.74, 6) is 6.94. The molecule has 2 rings (SSSR count). The number of hydrogen-bond acceptors (Lipinski definition) is 4. The summed E-state index contributed by atoms with van der Waals surface area (Å²) in [5, 5.41) is 0. The van der Waals surface area contributed by atoms with Crippen LogP contribution in [0, 0.1) is 13.8 Å². The Morgan fingerprint density at radius 1 is 1.17 bits per heavy atom. The Bertz CT molecular complexity index is 538. The van der Waals surface area contributed by atoms with Crippen LogP contribution in [0.5, 0.6) is 0 Å². The van der Waals surface area contributed by atoms with Gasteiger partial charge in [-0.1, -0.05) is 31.2 Å². The summed E-state index contributed by atoms with van der Waals surface area (Å²) in [6.07, 6.45) is 0.863. The number of anilines is 1. The molecule has 0 spiro atoms. The van der Waals surface area contributed by atoms with E-state index in [1.807, 2.05) is 25.1 Å². The Morgan fingerprint density at radius 2 is 1.89 bits per heavy atom. The van der Waals surface area contributed by atoms with Gasteiger partial charge >= 0.3 is 0 Å². The molecule has 0 amide bonds. The summed E-state index contributed by atoms with van der Waals surface area (Å²) in [5.41, 5.74) is 6.89. The first-order chi connectivity index (χ1) is 8.67. The second kappa shape index (κ2) is 5.14. The highest BCUT2D eigenvalue weighted by Gasteiger charge is 2.11. The molecule has 0 aliphatic carbocycles. The Balaban J connectivity index is 2.62. The molecular weight excluding hydrogens is 224 g/mol. The molecule has 0 atom stereocenters. The molecule has 0 saturated carbocycles. The van der Waals surface area contributed by atoms with Crippen molar-refractivity contribution in [3.63, 3.8) is 0 Å². The monoisotopic (exact) mass is 242 g/mol. The molecule has 4 heteroatoms. The molecule has 3 N–H and O–H groups in total. The van der Waals surface area contributed by atoms with E-state index in [4.69, 9.17) is 5.84 Å². The van der Waals surface area contributed by atoms with Crippen LogP contribution in [0.3, 0.4) is 0 Å². The van der Waals surface area contributed by atoms with Gasteiger partial charge in [0.1, 0.15) is 5.82 Å². The summed E-state index contributed by atoms with van der Waals surface area (Å²) in [7, 11) is 0. The maximum atomic E-state index is 5.52. The molecule has 0 unspecified atom stereocenters. The number of nitrogens with two attached hydrogens (primary N) is 1. The van der Waals surface area contributed by atoms with E-state index in [1.54, 1.807) is 0 Å². The number of nitrogen functional groups attached to an aromatic ring is 1. The fraction of sp³-hybridized carbons (Fsp3) is 0.286. The molecule has 1 aromatic heterocycles. The van der Waals surface area contributed by atoms with Crippen LogP contribution < -0.4 is 11.3 Å². The van der Waals surface area contributed by atoms with Crippen molar-refractivity contribution in [2.24, 2.45) is 5.84 Å². The van der Waals surface area contributed by atoms with Gasteiger partial charge in [0.2, 0.25) is 0 Å². The highest BCUT2D eigenvalue weighted by molar-refractivity contribution is 5.62. The zero-order valence-electron chi connectivity index (χ0n) is 11.0. The summed E-state index contributed by atoms with van der Waals surface area (Å²) in [6, 6.07) is 8.09. The first kappa shape index (κ1) is 12.5. The van der Waals surface area contributed by atoms with Gasteiger partial charge in [0.25, 0.3) is 0 Å². The molecule has 2 aromatic rings. The lowest BCUT2D eigenvalue weighted by Gasteiger charge is -2.12. The first-order valence-electron chi connectivity index (χ1n) is 6.07. The minimum Gasteiger partial charge on any atom is -0.308 e. The molecule has 0 bridgehead atoms. The fourth-order valence-electron chi connectivity index (χ4n) is 1.99. The third kappa shape index (κ3) is 2.19. The number of benzene rings is 1. The van der Waals surface area contributed by atoms with Crippen molar-refractivity contribution in [3.8, 4) is 11.4 Å². The number of aryl methyl sites for hydroxylation is 2. The summed E-state index contributed by atoms with van der Waals surface area (Å²) >= 11 is 0. The molecule has 1 aromatic carbocycles. The maximum Gasteiger partial charge on any atom is 0.162 e. The molecule has 0 radical (unpaired) electrons. The van der Waals surface area contributed by atoms with Gasteiger partial charge in [-0.05, 0) is 25.8 Å². The summed E-state index contributed by atoms with van der Waals surface area (Å²) in [4.78, 5) is 9.11. The van der Waals surface area contributed by atoms with Crippen molar-refractivity contribution in [2.45, 2.75) is 27.2 Å². The van der Waals surface area contributed by atoms with Crippen LogP contribution >= 0.6 is 0 Å². The van der Waals surface area contributed by atoms with Gasteiger partial charge in [-0.25, -0.2) is 15.8 Å². The van der Waals surface area contributed by atoms with Crippen molar-refractivity contribution < 1.29 is 0 Å². The van der Waals surface area contributed by atoms with E-state index < -0.39 is 0 Å². The zero-order valence-corrected chi connectivity index (χ0v) is 11.0. The van der Waals surface area contributed by atoms with E-state index in [1.165, 1.54) is 0 Å². The van der Waals surface area contributed by atoms with Gasteiger partial charge in [-0.2, -0.15) is 0 Å². The lowest BCUT2D eigenvalue weighted by atomic mass is 10.1. The molecular formula is C14H18N4. The predicted molar refractivity (Wildman–Crippen MR) is 74.1 cm³/mol. The molecule has 4 nitrogen and oxygen atoms in total. The minimum absolute atomic E-state index is 0.695. The zero-order chi connectivity index (χ0) is 13.1. The predicted octanol–water partition coefficient (Wildman–Crippen LogP) is 2.61. The minimum atomic E-state index is 0.695. The normalized spacial score (nSPS) is 10.4. The topological polar surface area (TPSA) is 63.8 Å². The highest BCUT2D eigenvalue weighted by atomic mass is 15.3. The van der Waals surface area contributed by atoms with Crippen LogP contribution in [0.2, 0.25) is 0 Å². The van der Waals surface area contributed by atoms with Gasteiger partial charge in [0, 0.05) is 16.8 Å². The average molecular weight is 242 g/mol. The quantitative estimate of drug-likeness (QED) is 0.641. The SMILES string of the molecule is CCc1nc(-c2ccccc2C)nc(NN)c1C. The van der Waals surface area contributed by atoms with Gasteiger partial charge in [0.05, 0.1) is 0 Å². The molecule has 0 saturated heterocycles. The molecule has 1 heterocycles. The fourth-order valence-corrected chi connectivity index (χ4v) is 1.99. The molecule has 0 fully saturated rings. The Morgan fingerprint density at radius 3 is 2.50 bits per heavy atom. The van der Waals surface area contributed by atoms with Gasteiger partial charge in [-0.15, -0.1) is 0 Å². The highest BCUT2D eigenvalue weighted by Crippen LogP contribution is 2.24. The van der Waals surface area contributed by atoms with E-state index in [0.29, 0.717) is 5.82 Å². The smallest absolute Gasteiger partial charge is 0.162 e. The first-order valence-corrected chi connectivity index (χ1v) is 6.07. The number of hydrazine groups is 1. The van der Waals surface area contributed by atoms with Crippen LogP contribution in [-0.4, -0.2) is 9.97 Å². The number of hydrogen-bond donors (Lipinski definition) is 2. The van der Waals surface area contributed by atoms with E-state index >= 15 is 0 Å². The van der Waals surface area contributed by atoms with Crippen LogP contribution in [0.4, 0.5) is 5.82 Å². The maximum absolute atomic E-state index is 5.52. The number of nitrogens with zero attached hydrogens (tertiary/aromatic N) is 2. The molecule has 0 aliphatic rings. The molecule has 0 aliphatic heterocycles. The van der Waals surface area contributed by atoms with Crippen LogP contribution in [0.1, 0.15) is 23.7 Å². The lowest BCUT2D eigenvalue weighted by Crippen LogP contribution is -2.13. The van der Waals surface area contributed by atoms with Gasteiger partial charge in [0.15, 0.2) is 5.82 Å². The largest absolute Gasteiger partial charge is 0.308 e. The lowest BCUT2D eigenvalue weighted by molar-refractivity contribution is 0.972. The van der Waals surface area contributed by atoms with Gasteiger partial charge < -0.3 is 5.43 Å². The van der Waals surface area contributed by atoms with E-state index in [0.717, 1.165) is 34.6 Å². The van der Waals surface area contributed by atoms with Crippen molar-refractivity contribution in [1.82, 2.24) is 9.97 Å². The Hall–Kier alpha value is -1.94. The van der Waals surface area contributed by atoms with Crippen molar-refractivity contribution >= 4 is 5.82 Å². The molecule has 94 valence electrons. The van der Waals surface area contributed by atoms with E-state index in [9.17, 15) is 0 Å². The van der Waals surface area contributed by atoms with E-state index in [-0.39, 0.29) is 0 Å². The van der Waals surface area contributed by atoms with Crippen molar-refractivity contribution in [1.29, 1.82) is 0 Å². The number of nitrogens with one attached hydrogen (secondary N) is 1. The van der Waals surface area contributed by atoms with Crippen LogP contribution in [-0.2, 0) is 6.42 Å². The molecule has 18 heavy (non-hydrogen) atoms. The van der Waals surface area contributed by atoms with Crippen LogP contribution in [0.25, 0.3) is 11.4 Å². The third-order valence-corrected chi connectivity index (χ3v) is 3.10. The van der Waals surface area contributed by atoms with E-state index in [2.05, 4.69) is 35.3 Å². The van der Waals surface area contributed by atoms with Gasteiger partial charge in [-0.3, -0.25) is 0 Å². The second-order valence-electron chi connectivity index (χ2n) is 4.28.